The fraction of sp³-hybridized carbons (Fsp3) is 0.389. The molecule has 2 fully saturated rings. The lowest BCUT2D eigenvalue weighted by molar-refractivity contribution is -0.193. The molecule has 5 atom stereocenters. The van der Waals surface area contributed by atoms with Gasteiger partial charge in [-0.15, -0.1) is 0 Å². The Balaban J connectivity index is 1.46. The highest BCUT2D eigenvalue weighted by Gasteiger charge is 2.51. The highest BCUT2D eigenvalue weighted by molar-refractivity contribution is 5.22. The molecule has 0 saturated carbocycles. The van der Waals surface area contributed by atoms with Gasteiger partial charge in [-0.1, -0.05) is 18.2 Å². The molecule has 6 heteroatoms. The van der Waals surface area contributed by atoms with Crippen LogP contribution in [-0.2, 0) is 16.0 Å². The molecule has 2 bridgehead atoms. The second kappa shape index (κ2) is 6.86. The first kappa shape index (κ1) is 15.5. The molecule has 1 aromatic heterocycles. The normalized spacial score (nSPS) is 31.8. The Hall–Kier alpha value is -1.99. The number of rotatable bonds is 5. The molecule has 2 N–H and O–H groups in total. The van der Waals surface area contributed by atoms with Crippen molar-refractivity contribution in [2.75, 3.05) is 6.61 Å². The van der Waals surface area contributed by atoms with Crippen LogP contribution in [0.5, 0.6) is 5.75 Å². The van der Waals surface area contributed by atoms with Gasteiger partial charge in [0.15, 0.2) is 12.4 Å². The highest BCUT2D eigenvalue weighted by Crippen LogP contribution is 2.31. The molecule has 2 aliphatic rings. The molecular formula is C18H20N2O4. The number of para-hydroxylation sites is 1. The molecule has 0 aliphatic carbocycles. The summed E-state index contributed by atoms with van der Waals surface area (Å²) in [5.41, 5.74) is 1.10. The van der Waals surface area contributed by atoms with Gasteiger partial charge in [0, 0.05) is 18.9 Å². The predicted octanol–water partition coefficient (Wildman–Crippen LogP) is 1.10. The summed E-state index contributed by atoms with van der Waals surface area (Å²) in [5, 5.41) is 14.2. The second-order valence-electron chi connectivity index (χ2n) is 6.02. The van der Waals surface area contributed by atoms with Gasteiger partial charge in [-0.2, -0.15) is 0 Å². The molecule has 3 heterocycles. The van der Waals surface area contributed by atoms with Crippen LogP contribution >= 0.6 is 0 Å². The van der Waals surface area contributed by atoms with Crippen LogP contribution < -0.4 is 10.1 Å². The maximum atomic E-state index is 10.8. The van der Waals surface area contributed by atoms with Crippen molar-refractivity contribution >= 4 is 0 Å². The summed E-state index contributed by atoms with van der Waals surface area (Å²) >= 11 is 0. The van der Waals surface area contributed by atoms with Gasteiger partial charge < -0.3 is 24.6 Å². The van der Waals surface area contributed by atoms with Crippen LogP contribution in [0.2, 0.25) is 0 Å². The minimum absolute atomic E-state index is 0.178. The van der Waals surface area contributed by atoms with E-state index < -0.39 is 18.5 Å². The van der Waals surface area contributed by atoms with Crippen molar-refractivity contribution < 1.29 is 19.3 Å². The molecule has 4 rings (SSSR count). The van der Waals surface area contributed by atoms with E-state index in [2.05, 4.69) is 10.3 Å². The van der Waals surface area contributed by atoms with E-state index in [1.165, 1.54) is 0 Å². The Kier molecular flexibility index (Phi) is 4.44. The van der Waals surface area contributed by atoms with E-state index in [-0.39, 0.29) is 12.1 Å². The molecule has 6 nitrogen and oxygen atoms in total. The number of pyridine rings is 1. The third kappa shape index (κ3) is 3.14. The molecule has 0 radical (unpaired) electrons. The van der Waals surface area contributed by atoms with Crippen molar-refractivity contribution in [1.82, 2.24) is 10.3 Å². The van der Waals surface area contributed by atoms with Gasteiger partial charge in [0.1, 0.15) is 18.0 Å². The number of hydrogen-bond acceptors (Lipinski definition) is 6. The SMILES string of the molecule is O[C@H]1[C@H](NCc2ccncc2)[C@H]2CO[C@H](O2)[C@@H]1Oc1ccccc1. The van der Waals surface area contributed by atoms with Crippen LogP contribution in [-0.4, -0.2) is 47.3 Å². The largest absolute Gasteiger partial charge is 0.482 e. The predicted molar refractivity (Wildman–Crippen MR) is 86.3 cm³/mol. The van der Waals surface area contributed by atoms with Crippen LogP contribution in [0.25, 0.3) is 0 Å². The molecule has 1 aromatic carbocycles. The first-order chi connectivity index (χ1) is 11.8. The molecule has 126 valence electrons. The average molecular weight is 328 g/mol. The molecule has 0 amide bonds. The van der Waals surface area contributed by atoms with E-state index >= 15 is 0 Å². The van der Waals surface area contributed by atoms with Crippen LogP contribution in [0.15, 0.2) is 54.9 Å². The van der Waals surface area contributed by atoms with Crippen molar-refractivity contribution in [3.05, 3.63) is 60.4 Å². The van der Waals surface area contributed by atoms with Crippen LogP contribution in [0.1, 0.15) is 5.56 Å². The number of aromatic nitrogens is 1. The summed E-state index contributed by atoms with van der Waals surface area (Å²) in [6.45, 7) is 1.07. The first-order valence-electron chi connectivity index (χ1n) is 8.10. The number of hydrogen-bond donors (Lipinski definition) is 2. The Bertz CT molecular complexity index is 655. The van der Waals surface area contributed by atoms with Crippen molar-refractivity contribution in [3.63, 3.8) is 0 Å². The van der Waals surface area contributed by atoms with Crippen molar-refractivity contribution in [2.24, 2.45) is 0 Å². The minimum Gasteiger partial charge on any atom is -0.482 e. The standard InChI is InChI=1S/C18H20N2O4/c21-16-15(20-10-12-6-8-19-9-7-12)14-11-22-18(24-14)17(16)23-13-4-2-1-3-5-13/h1-9,14-18,20-21H,10-11H2/t14-,15-,16+,17-,18-/m1/s1. The van der Waals surface area contributed by atoms with Crippen LogP contribution in [0.3, 0.4) is 0 Å². The Morgan fingerprint density at radius 1 is 1.17 bits per heavy atom. The number of nitrogens with zero attached hydrogens (tertiary/aromatic N) is 1. The molecule has 0 spiro atoms. The third-order valence-electron chi connectivity index (χ3n) is 4.41. The monoisotopic (exact) mass is 328 g/mol. The third-order valence-corrected chi connectivity index (χ3v) is 4.41. The van der Waals surface area contributed by atoms with E-state index in [1.54, 1.807) is 12.4 Å². The van der Waals surface area contributed by atoms with Gasteiger partial charge in [-0.25, -0.2) is 0 Å². The number of fused-ring (bicyclic) bond motifs is 2. The van der Waals surface area contributed by atoms with E-state index in [0.717, 1.165) is 5.56 Å². The Labute approximate surface area is 140 Å². The molecular weight excluding hydrogens is 308 g/mol. The smallest absolute Gasteiger partial charge is 0.197 e. The van der Waals surface area contributed by atoms with Gasteiger partial charge >= 0.3 is 0 Å². The van der Waals surface area contributed by atoms with Crippen LogP contribution in [0.4, 0.5) is 0 Å². The molecule has 0 unspecified atom stereocenters. The second-order valence-corrected chi connectivity index (χ2v) is 6.02. The van der Waals surface area contributed by atoms with E-state index in [1.807, 2.05) is 42.5 Å². The van der Waals surface area contributed by atoms with Crippen LogP contribution in [0, 0.1) is 0 Å². The number of nitrogens with one attached hydrogen (secondary N) is 1. The maximum absolute atomic E-state index is 10.8. The lowest BCUT2D eigenvalue weighted by Crippen LogP contribution is -2.61. The summed E-state index contributed by atoms with van der Waals surface area (Å²) in [6, 6.07) is 13.0. The van der Waals surface area contributed by atoms with Crippen molar-refractivity contribution in [2.45, 2.75) is 37.2 Å². The van der Waals surface area contributed by atoms with Crippen molar-refractivity contribution in [1.29, 1.82) is 0 Å². The molecule has 2 aromatic rings. The van der Waals surface area contributed by atoms with E-state index in [9.17, 15) is 5.11 Å². The summed E-state index contributed by atoms with van der Waals surface area (Å²) in [5.74, 6) is 0.687. The zero-order valence-electron chi connectivity index (χ0n) is 13.1. The van der Waals surface area contributed by atoms with E-state index in [4.69, 9.17) is 14.2 Å². The maximum Gasteiger partial charge on any atom is 0.197 e. The highest BCUT2D eigenvalue weighted by atomic mass is 16.7. The van der Waals surface area contributed by atoms with Gasteiger partial charge in [-0.05, 0) is 29.8 Å². The summed E-state index contributed by atoms with van der Waals surface area (Å²) < 4.78 is 17.5. The fourth-order valence-electron chi connectivity index (χ4n) is 3.16. The fourth-order valence-corrected chi connectivity index (χ4v) is 3.16. The Morgan fingerprint density at radius 3 is 2.75 bits per heavy atom. The van der Waals surface area contributed by atoms with Gasteiger partial charge in [0.2, 0.25) is 0 Å². The molecule has 2 aliphatic heterocycles. The quantitative estimate of drug-likeness (QED) is 0.856. The summed E-state index contributed by atoms with van der Waals surface area (Å²) in [6.07, 6.45) is 1.49. The summed E-state index contributed by atoms with van der Waals surface area (Å²) in [7, 11) is 0. The lowest BCUT2D eigenvalue weighted by Gasteiger charge is -2.38. The lowest BCUT2D eigenvalue weighted by atomic mass is 9.97. The number of aliphatic hydroxyl groups is 1. The number of aliphatic hydroxyl groups excluding tert-OH is 1. The van der Waals surface area contributed by atoms with Crippen molar-refractivity contribution in [3.8, 4) is 5.75 Å². The number of ether oxygens (including phenoxy) is 3. The first-order valence-corrected chi connectivity index (χ1v) is 8.10. The van der Waals surface area contributed by atoms with Gasteiger partial charge in [0.05, 0.1) is 12.6 Å². The average Bonchev–Trinajstić information content (AvgIpc) is 3.06. The van der Waals surface area contributed by atoms with Gasteiger partial charge in [0.25, 0.3) is 0 Å². The van der Waals surface area contributed by atoms with Gasteiger partial charge in [-0.3, -0.25) is 4.98 Å². The molecule has 24 heavy (non-hydrogen) atoms. The minimum atomic E-state index is -0.724. The van der Waals surface area contributed by atoms with E-state index in [0.29, 0.717) is 18.9 Å². The Morgan fingerprint density at radius 2 is 1.96 bits per heavy atom. The number of benzene rings is 1. The topological polar surface area (TPSA) is 72.8 Å². The zero-order chi connectivity index (χ0) is 16.4. The molecule has 2 saturated heterocycles. The summed E-state index contributed by atoms with van der Waals surface area (Å²) in [4.78, 5) is 4.01. The zero-order valence-corrected chi connectivity index (χ0v) is 13.1.